The normalized spacial score (nSPS) is 11.5. The number of hydrogen-bond donors (Lipinski definition) is 0. The molecule has 0 N–H and O–H groups in total. The van der Waals surface area contributed by atoms with Crippen molar-refractivity contribution in [3.05, 3.63) is 176 Å². The van der Waals surface area contributed by atoms with Crippen molar-refractivity contribution >= 4 is 43.6 Å². The van der Waals surface area contributed by atoms with Gasteiger partial charge in [-0.2, -0.15) is 0 Å². The fraction of sp³-hybridized carbons (Fsp3) is 0. The van der Waals surface area contributed by atoms with Crippen molar-refractivity contribution in [1.82, 2.24) is 15.0 Å². The van der Waals surface area contributed by atoms with Gasteiger partial charge in [-0.15, -0.1) is 0 Å². The first-order valence-corrected chi connectivity index (χ1v) is 17.1. The molecule has 0 saturated heterocycles. The van der Waals surface area contributed by atoms with E-state index in [1.54, 1.807) is 0 Å². The van der Waals surface area contributed by atoms with Gasteiger partial charge in [-0.25, -0.2) is 9.97 Å². The van der Waals surface area contributed by atoms with Crippen LogP contribution in [0.15, 0.2) is 180 Å². The quantitative estimate of drug-likeness (QED) is 0.186. The van der Waals surface area contributed by atoms with Gasteiger partial charge in [0.15, 0.2) is 11.4 Å². The molecule has 0 spiro atoms. The van der Waals surface area contributed by atoms with Crippen LogP contribution < -0.4 is 0 Å². The van der Waals surface area contributed by atoms with Crippen molar-refractivity contribution in [2.75, 3.05) is 0 Å². The highest BCUT2D eigenvalue weighted by Gasteiger charge is 2.17. The zero-order valence-electron chi connectivity index (χ0n) is 27.5. The van der Waals surface area contributed by atoms with E-state index in [-0.39, 0.29) is 0 Å². The predicted molar refractivity (Wildman–Crippen MR) is 209 cm³/mol. The average molecular weight is 652 g/mol. The zero-order valence-corrected chi connectivity index (χ0v) is 27.5. The molecule has 0 aliphatic heterocycles. The topological polar surface area (TPSA) is 51.8 Å². The molecule has 0 saturated carbocycles. The summed E-state index contributed by atoms with van der Waals surface area (Å²) in [5, 5.41) is 5.77. The van der Waals surface area contributed by atoms with Crippen molar-refractivity contribution < 1.29 is 4.42 Å². The monoisotopic (exact) mass is 651 g/mol. The summed E-state index contributed by atoms with van der Waals surface area (Å²) in [7, 11) is 0. The summed E-state index contributed by atoms with van der Waals surface area (Å²) in [6, 6.07) is 59.2. The molecule has 4 heteroatoms. The second-order valence-electron chi connectivity index (χ2n) is 12.9. The Balaban J connectivity index is 1.23. The van der Waals surface area contributed by atoms with E-state index in [1.807, 2.05) is 48.7 Å². The van der Waals surface area contributed by atoms with Crippen LogP contribution in [0, 0.1) is 0 Å². The molecule has 7 aromatic carbocycles. The van der Waals surface area contributed by atoms with E-state index in [2.05, 4.69) is 127 Å². The van der Waals surface area contributed by atoms with E-state index in [0.717, 1.165) is 72.4 Å². The van der Waals surface area contributed by atoms with Crippen LogP contribution in [0.25, 0.3) is 99.8 Å². The number of aromatic nitrogens is 3. The van der Waals surface area contributed by atoms with Gasteiger partial charge in [0.25, 0.3) is 0 Å². The molecule has 51 heavy (non-hydrogen) atoms. The predicted octanol–water partition coefficient (Wildman–Crippen LogP) is 12.4. The summed E-state index contributed by atoms with van der Waals surface area (Å²) in [4.78, 5) is 15.1. The molecule has 238 valence electrons. The van der Waals surface area contributed by atoms with Gasteiger partial charge in [-0.3, -0.25) is 4.98 Å². The smallest absolute Gasteiger partial charge is 0.161 e. The molecule has 10 aromatic rings. The van der Waals surface area contributed by atoms with Gasteiger partial charge < -0.3 is 4.42 Å². The summed E-state index contributed by atoms with van der Waals surface area (Å²) in [6.45, 7) is 0. The number of para-hydroxylation sites is 1. The van der Waals surface area contributed by atoms with Crippen LogP contribution in [-0.2, 0) is 0 Å². The van der Waals surface area contributed by atoms with Crippen molar-refractivity contribution in [3.63, 3.8) is 0 Å². The number of fused-ring (bicyclic) bond motifs is 5. The Labute approximate surface area is 294 Å². The highest BCUT2D eigenvalue weighted by atomic mass is 16.3. The molecule has 3 heterocycles. The van der Waals surface area contributed by atoms with E-state index in [1.165, 1.54) is 21.5 Å². The number of furan rings is 1. The standard InChI is InChI=1S/C47H29N3O/c1-2-12-32(13-3-1)47-49-42(36-21-19-31-11-5-7-15-34(31)25-36)29-43(50-47)39-27-37(35-20-18-30-10-4-6-14-33(30)24-35)26-38(28-39)40-22-23-48-45-41-16-8-9-17-44(41)51-46(40)45/h1-29H. The SMILES string of the molecule is c1ccc(-c2nc(-c3cc(-c4ccc5ccccc5c4)cc(-c4ccnc5c4oc4ccccc45)c3)cc(-c3ccc4ccccc4c3)n2)cc1. The Bertz CT molecular complexity index is 2930. The summed E-state index contributed by atoms with van der Waals surface area (Å²) in [5.41, 5.74) is 11.3. The Morgan fingerprint density at radius 1 is 0.392 bits per heavy atom. The van der Waals surface area contributed by atoms with Crippen molar-refractivity contribution in [3.8, 4) is 56.2 Å². The molecule has 0 radical (unpaired) electrons. The molecule has 3 aromatic heterocycles. The molecular weight excluding hydrogens is 623 g/mol. The molecule has 10 rings (SSSR count). The third-order valence-corrected chi connectivity index (χ3v) is 9.68. The van der Waals surface area contributed by atoms with E-state index >= 15 is 0 Å². The Kier molecular flexibility index (Phi) is 6.78. The van der Waals surface area contributed by atoms with Gasteiger partial charge in [0.05, 0.1) is 11.4 Å². The first kappa shape index (κ1) is 29.0. The van der Waals surface area contributed by atoms with Gasteiger partial charge in [-0.1, -0.05) is 115 Å². The maximum Gasteiger partial charge on any atom is 0.161 e. The first-order valence-electron chi connectivity index (χ1n) is 17.1. The van der Waals surface area contributed by atoms with Crippen molar-refractivity contribution in [1.29, 1.82) is 0 Å². The lowest BCUT2D eigenvalue weighted by molar-refractivity contribution is 0.669. The van der Waals surface area contributed by atoms with E-state index < -0.39 is 0 Å². The van der Waals surface area contributed by atoms with Crippen LogP contribution in [0.4, 0.5) is 0 Å². The molecule has 0 amide bonds. The average Bonchev–Trinajstić information content (AvgIpc) is 3.59. The summed E-state index contributed by atoms with van der Waals surface area (Å²) >= 11 is 0. The molecular formula is C47H29N3O. The highest BCUT2D eigenvalue weighted by Crippen LogP contribution is 2.39. The van der Waals surface area contributed by atoms with Crippen molar-refractivity contribution in [2.24, 2.45) is 0 Å². The molecule has 0 aliphatic rings. The summed E-state index contributed by atoms with van der Waals surface area (Å²) in [6.07, 6.45) is 1.87. The van der Waals surface area contributed by atoms with Crippen LogP contribution in [-0.4, -0.2) is 15.0 Å². The lowest BCUT2D eigenvalue weighted by atomic mass is 9.93. The minimum atomic E-state index is 0.678. The zero-order chi connectivity index (χ0) is 33.7. The highest BCUT2D eigenvalue weighted by molar-refractivity contribution is 6.07. The van der Waals surface area contributed by atoms with Crippen LogP contribution in [0.5, 0.6) is 0 Å². The number of hydrogen-bond acceptors (Lipinski definition) is 4. The van der Waals surface area contributed by atoms with Crippen LogP contribution >= 0.6 is 0 Å². The molecule has 0 fully saturated rings. The molecule has 0 atom stereocenters. The molecule has 0 unspecified atom stereocenters. The molecule has 0 bridgehead atoms. The van der Waals surface area contributed by atoms with Crippen molar-refractivity contribution in [2.45, 2.75) is 0 Å². The third kappa shape index (κ3) is 5.22. The molecule has 0 aliphatic carbocycles. The largest absolute Gasteiger partial charge is 0.454 e. The minimum absolute atomic E-state index is 0.678. The van der Waals surface area contributed by atoms with Crippen LogP contribution in [0.1, 0.15) is 0 Å². The Hall–Kier alpha value is -6.91. The number of rotatable bonds is 5. The maximum atomic E-state index is 6.49. The summed E-state index contributed by atoms with van der Waals surface area (Å²) in [5.74, 6) is 0.678. The Morgan fingerprint density at radius 2 is 1.00 bits per heavy atom. The lowest BCUT2D eigenvalue weighted by Gasteiger charge is -2.14. The second kappa shape index (κ2) is 11.9. The number of pyridine rings is 1. The Morgan fingerprint density at radius 3 is 1.78 bits per heavy atom. The number of benzene rings is 7. The van der Waals surface area contributed by atoms with E-state index in [9.17, 15) is 0 Å². The van der Waals surface area contributed by atoms with Gasteiger partial charge >= 0.3 is 0 Å². The van der Waals surface area contributed by atoms with Crippen LogP contribution in [0.3, 0.4) is 0 Å². The van der Waals surface area contributed by atoms with Gasteiger partial charge in [0, 0.05) is 33.8 Å². The second-order valence-corrected chi connectivity index (χ2v) is 12.9. The third-order valence-electron chi connectivity index (χ3n) is 9.68. The van der Waals surface area contributed by atoms with E-state index in [4.69, 9.17) is 19.4 Å². The molecule has 4 nitrogen and oxygen atoms in total. The number of nitrogens with zero attached hydrogens (tertiary/aromatic N) is 3. The van der Waals surface area contributed by atoms with Gasteiger partial charge in [-0.05, 0) is 92.8 Å². The van der Waals surface area contributed by atoms with Crippen LogP contribution in [0.2, 0.25) is 0 Å². The first-order chi connectivity index (χ1) is 25.2. The fourth-order valence-electron chi connectivity index (χ4n) is 7.11. The van der Waals surface area contributed by atoms with E-state index in [0.29, 0.717) is 5.82 Å². The summed E-state index contributed by atoms with van der Waals surface area (Å²) < 4.78 is 6.49. The fourth-order valence-corrected chi connectivity index (χ4v) is 7.11. The van der Waals surface area contributed by atoms with Gasteiger partial charge in [0.2, 0.25) is 0 Å². The lowest BCUT2D eigenvalue weighted by Crippen LogP contribution is -1.96. The minimum Gasteiger partial charge on any atom is -0.454 e. The maximum absolute atomic E-state index is 6.49. The van der Waals surface area contributed by atoms with Gasteiger partial charge in [0.1, 0.15) is 11.1 Å².